The topological polar surface area (TPSA) is 51.8 Å². The number of pyridine rings is 1. The molecule has 0 fully saturated rings. The smallest absolute Gasteiger partial charge is 0.142 e. The Morgan fingerprint density at radius 3 is 2.93 bits per heavy atom. The second-order valence-electron chi connectivity index (χ2n) is 3.04. The zero-order chi connectivity index (χ0) is 10.7. The van der Waals surface area contributed by atoms with Crippen molar-refractivity contribution in [2.75, 3.05) is 6.54 Å². The van der Waals surface area contributed by atoms with Crippen LogP contribution in [0.1, 0.15) is 5.69 Å². The second kappa shape index (κ2) is 4.70. The predicted molar refractivity (Wildman–Crippen MR) is 63.1 cm³/mol. The Kier molecular flexibility index (Phi) is 3.30. The largest absolute Gasteiger partial charge is 0.330 e. The van der Waals surface area contributed by atoms with Crippen LogP contribution < -0.4 is 5.73 Å². The van der Waals surface area contributed by atoms with E-state index in [1.54, 1.807) is 17.5 Å². The number of aromatic nitrogens is 2. The molecule has 15 heavy (non-hydrogen) atoms. The Bertz CT molecular complexity index is 438. The van der Waals surface area contributed by atoms with Crippen LogP contribution in [0.15, 0.2) is 23.7 Å². The monoisotopic (exact) mass is 239 g/mol. The van der Waals surface area contributed by atoms with Crippen LogP contribution in [0.5, 0.6) is 0 Å². The lowest BCUT2D eigenvalue weighted by Crippen LogP contribution is -2.02. The summed E-state index contributed by atoms with van der Waals surface area (Å²) < 4.78 is 0. The van der Waals surface area contributed by atoms with Gasteiger partial charge in [0.2, 0.25) is 0 Å². The summed E-state index contributed by atoms with van der Waals surface area (Å²) in [5.41, 5.74) is 7.34. The van der Waals surface area contributed by atoms with Gasteiger partial charge in [-0.25, -0.2) is 4.98 Å². The van der Waals surface area contributed by atoms with E-state index in [-0.39, 0.29) is 0 Å². The van der Waals surface area contributed by atoms with Crippen molar-refractivity contribution in [3.8, 4) is 10.7 Å². The van der Waals surface area contributed by atoms with Gasteiger partial charge in [0.25, 0.3) is 0 Å². The molecule has 0 amide bonds. The molecule has 0 aliphatic carbocycles. The SMILES string of the molecule is NCCc1csc(-c2ccc(Cl)cn2)n1. The van der Waals surface area contributed by atoms with Crippen molar-refractivity contribution < 1.29 is 0 Å². The predicted octanol–water partition coefficient (Wildman–Crippen LogP) is 2.36. The maximum Gasteiger partial charge on any atom is 0.142 e. The van der Waals surface area contributed by atoms with Crippen molar-refractivity contribution in [2.24, 2.45) is 5.73 Å². The first-order valence-electron chi connectivity index (χ1n) is 4.56. The van der Waals surface area contributed by atoms with Gasteiger partial charge in [-0.2, -0.15) is 0 Å². The molecule has 2 heterocycles. The molecule has 0 saturated carbocycles. The molecule has 0 unspecified atom stereocenters. The van der Waals surface area contributed by atoms with Crippen LogP contribution in [0.25, 0.3) is 10.7 Å². The van der Waals surface area contributed by atoms with Crippen molar-refractivity contribution in [3.05, 3.63) is 34.4 Å². The third kappa shape index (κ3) is 2.53. The lowest BCUT2D eigenvalue weighted by molar-refractivity contribution is 0.936. The van der Waals surface area contributed by atoms with Crippen LogP contribution in [-0.2, 0) is 6.42 Å². The summed E-state index contributed by atoms with van der Waals surface area (Å²) in [5, 5.41) is 3.56. The Morgan fingerprint density at radius 2 is 2.27 bits per heavy atom. The highest BCUT2D eigenvalue weighted by molar-refractivity contribution is 7.13. The van der Waals surface area contributed by atoms with Crippen molar-refractivity contribution in [3.63, 3.8) is 0 Å². The van der Waals surface area contributed by atoms with E-state index in [2.05, 4.69) is 9.97 Å². The van der Waals surface area contributed by atoms with Gasteiger partial charge in [-0.15, -0.1) is 11.3 Å². The molecule has 0 aromatic carbocycles. The van der Waals surface area contributed by atoms with E-state index in [4.69, 9.17) is 17.3 Å². The van der Waals surface area contributed by atoms with Gasteiger partial charge in [0, 0.05) is 18.0 Å². The third-order valence-corrected chi connectivity index (χ3v) is 3.04. The van der Waals surface area contributed by atoms with E-state index in [9.17, 15) is 0 Å². The molecule has 2 N–H and O–H groups in total. The van der Waals surface area contributed by atoms with Gasteiger partial charge in [0.1, 0.15) is 5.01 Å². The number of hydrogen-bond acceptors (Lipinski definition) is 4. The van der Waals surface area contributed by atoms with E-state index in [1.807, 2.05) is 17.5 Å². The van der Waals surface area contributed by atoms with E-state index in [0.717, 1.165) is 22.8 Å². The number of rotatable bonds is 3. The Morgan fingerprint density at radius 1 is 1.40 bits per heavy atom. The van der Waals surface area contributed by atoms with Gasteiger partial charge in [0.15, 0.2) is 0 Å². The standard InChI is InChI=1S/C10H10ClN3S/c11-7-1-2-9(13-5-7)10-14-8(3-4-12)6-15-10/h1-2,5-6H,3-4,12H2. The summed E-state index contributed by atoms with van der Waals surface area (Å²) in [4.78, 5) is 8.64. The maximum atomic E-state index is 5.76. The van der Waals surface area contributed by atoms with Crippen molar-refractivity contribution in [1.82, 2.24) is 9.97 Å². The van der Waals surface area contributed by atoms with Crippen molar-refractivity contribution >= 4 is 22.9 Å². The Balaban J connectivity index is 2.25. The molecule has 0 spiro atoms. The summed E-state index contributed by atoms with van der Waals surface area (Å²) >= 11 is 7.33. The van der Waals surface area contributed by atoms with E-state index < -0.39 is 0 Å². The normalized spacial score (nSPS) is 10.5. The zero-order valence-corrected chi connectivity index (χ0v) is 9.55. The third-order valence-electron chi connectivity index (χ3n) is 1.90. The quantitative estimate of drug-likeness (QED) is 0.895. The summed E-state index contributed by atoms with van der Waals surface area (Å²) in [6.07, 6.45) is 2.44. The molecule has 2 aromatic rings. The first-order chi connectivity index (χ1) is 7.29. The summed E-state index contributed by atoms with van der Waals surface area (Å²) in [5.74, 6) is 0. The molecule has 78 valence electrons. The second-order valence-corrected chi connectivity index (χ2v) is 4.34. The van der Waals surface area contributed by atoms with Crippen LogP contribution >= 0.6 is 22.9 Å². The average molecular weight is 240 g/mol. The van der Waals surface area contributed by atoms with Gasteiger partial charge < -0.3 is 5.73 Å². The first kappa shape index (κ1) is 10.5. The highest BCUT2D eigenvalue weighted by Crippen LogP contribution is 2.22. The fourth-order valence-corrected chi connectivity index (χ4v) is 2.13. The summed E-state index contributed by atoms with van der Waals surface area (Å²) in [6, 6.07) is 3.68. The van der Waals surface area contributed by atoms with E-state index >= 15 is 0 Å². The van der Waals surface area contributed by atoms with Gasteiger partial charge in [-0.3, -0.25) is 4.98 Å². The minimum Gasteiger partial charge on any atom is -0.330 e. The number of hydrogen-bond donors (Lipinski definition) is 1. The number of nitrogens with two attached hydrogens (primary N) is 1. The highest BCUT2D eigenvalue weighted by atomic mass is 35.5. The van der Waals surface area contributed by atoms with Crippen LogP contribution in [-0.4, -0.2) is 16.5 Å². The van der Waals surface area contributed by atoms with Gasteiger partial charge in [-0.05, 0) is 18.7 Å². The van der Waals surface area contributed by atoms with Gasteiger partial charge in [0.05, 0.1) is 16.4 Å². The minimum absolute atomic E-state index is 0.622. The van der Waals surface area contributed by atoms with Gasteiger partial charge >= 0.3 is 0 Å². The van der Waals surface area contributed by atoms with E-state index in [0.29, 0.717) is 11.6 Å². The number of halogens is 1. The zero-order valence-electron chi connectivity index (χ0n) is 7.98. The van der Waals surface area contributed by atoms with Gasteiger partial charge in [-0.1, -0.05) is 11.6 Å². The molecule has 0 aliphatic rings. The molecule has 3 nitrogen and oxygen atoms in total. The van der Waals surface area contributed by atoms with E-state index in [1.165, 1.54) is 0 Å². The lowest BCUT2D eigenvalue weighted by Gasteiger charge is -1.94. The molecule has 0 radical (unpaired) electrons. The van der Waals surface area contributed by atoms with Crippen LogP contribution in [0.4, 0.5) is 0 Å². The molecule has 0 atom stereocenters. The molecule has 0 saturated heterocycles. The molecular formula is C10H10ClN3S. The molecule has 2 aromatic heterocycles. The fourth-order valence-electron chi connectivity index (χ4n) is 1.19. The summed E-state index contributed by atoms with van der Waals surface area (Å²) in [6.45, 7) is 0.622. The molecule has 2 rings (SSSR count). The fraction of sp³-hybridized carbons (Fsp3) is 0.200. The average Bonchev–Trinajstić information content (AvgIpc) is 2.68. The first-order valence-corrected chi connectivity index (χ1v) is 5.82. The highest BCUT2D eigenvalue weighted by Gasteiger charge is 2.05. The molecular weight excluding hydrogens is 230 g/mol. The van der Waals surface area contributed by atoms with Crippen molar-refractivity contribution in [2.45, 2.75) is 6.42 Å². The number of nitrogens with zero attached hydrogens (tertiary/aromatic N) is 2. The molecule has 0 aliphatic heterocycles. The number of thiazole rings is 1. The van der Waals surface area contributed by atoms with Crippen molar-refractivity contribution in [1.29, 1.82) is 0 Å². The Hall–Kier alpha value is -0.970. The Labute approximate surface area is 96.9 Å². The van der Waals surface area contributed by atoms with Crippen LogP contribution in [0.3, 0.4) is 0 Å². The molecule has 5 heteroatoms. The molecule has 0 bridgehead atoms. The van der Waals surface area contributed by atoms with Crippen LogP contribution in [0.2, 0.25) is 5.02 Å². The minimum atomic E-state index is 0.622. The van der Waals surface area contributed by atoms with Crippen LogP contribution in [0, 0.1) is 0 Å². The lowest BCUT2D eigenvalue weighted by atomic mass is 10.3. The maximum absolute atomic E-state index is 5.76. The summed E-state index contributed by atoms with van der Waals surface area (Å²) in [7, 11) is 0.